The van der Waals surface area contributed by atoms with Crippen molar-refractivity contribution in [1.82, 2.24) is 10.0 Å². The Morgan fingerprint density at radius 3 is 2.72 bits per heavy atom. The van der Waals surface area contributed by atoms with Gasteiger partial charge in [0.2, 0.25) is 5.91 Å². The molecule has 8 heteroatoms. The van der Waals surface area contributed by atoms with Crippen molar-refractivity contribution >= 4 is 21.8 Å². The molecule has 0 saturated heterocycles. The van der Waals surface area contributed by atoms with E-state index in [4.69, 9.17) is 4.42 Å². The number of aryl methyl sites for hydroxylation is 1. The lowest BCUT2D eigenvalue weighted by Gasteiger charge is -2.18. The number of hydrogen-bond acceptors (Lipinski definition) is 5. The number of amidine groups is 1. The fraction of sp³-hybridized carbons (Fsp3) is 0.429. The van der Waals surface area contributed by atoms with Crippen LogP contribution in [0.1, 0.15) is 50.9 Å². The molecule has 2 N–H and O–H groups in total. The minimum absolute atomic E-state index is 0.0514. The van der Waals surface area contributed by atoms with E-state index in [0.29, 0.717) is 12.0 Å². The van der Waals surface area contributed by atoms with E-state index in [1.807, 2.05) is 26.0 Å². The second-order valence-corrected chi connectivity index (χ2v) is 8.92. The van der Waals surface area contributed by atoms with Crippen LogP contribution in [0.2, 0.25) is 0 Å². The van der Waals surface area contributed by atoms with E-state index in [9.17, 15) is 13.2 Å². The highest BCUT2D eigenvalue weighted by Crippen LogP contribution is 2.23. The Kier molecular flexibility index (Phi) is 6.74. The number of fused-ring (bicyclic) bond motifs is 1. The molecule has 1 aromatic heterocycles. The molecule has 0 fully saturated rings. The molecule has 1 aromatic carbocycles. The van der Waals surface area contributed by atoms with Crippen molar-refractivity contribution in [2.24, 2.45) is 4.99 Å². The molecule has 29 heavy (non-hydrogen) atoms. The monoisotopic (exact) mass is 417 g/mol. The molecule has 0 radical (unpaired) electrons. The van der Waals surface area contributed by atoms with Gasteiger partial charge in [-0.3, -0.25) is 14.5 Å². The Morgan fingerprint density at radius 1 is 1.21 bits per heavy atom. The zero-order valence-corrected chi connectivity index (χ0v) is 17.5. The van der Waals surface area contributed by atoms with Crippen molar-refractivity contribution in [2.45, 2.75) is 62.9 Å². The first-order chi connectivity index (χ1) is 13.9. The maximum absolute atomic E-state index is 12.9. The Labute approximate surface area is 171 Å². The summed E-state index contributed by atoms with van der Waals surface area (Å²) >= 11 is 0. The van der Waals surface area contributed by atoms with Gasteiger partial charge in [-0.25, -0.2) is 8.42 Å². The summed E-state index contributed by atoms with van der Waals surface area (Å²) in [6.45, 7) is 3.99. The fourth-order valence-electron chi connectivity index (χ4n) is 3.26. The third kappa shape index (κ3) is 5.26. The minimum Gasteiger partial charge on any atom is -0.469 e. The molecule has 2 aromatic rings. The summed E-state index contributed by atoms with van der Waals surface area (Å²) in [6, 6.07) is 9.72. The highest BCUT2D eigenvalue weighted by atomic mass is 32.2. The number of carbonyl (C=O) groups is 1. The number of carbonyl (C=O) groups excluding carboxylic acids is 1. The Hall–Kier alpha value is -2.61. The SMILES string of the molecule is CCCCC(N=C1NS(=O)(=O)c2ccccc21)C(=O)NC(C)CCc1ccco1. The van der Waals surface area contributed by atoms with E-state index in [1.165, 1.54) is 6.07 Å². The highest BCUT2D eigenvalue weighted by molar-refractivity contribution is 7.90. The summed E-state index contributed by atoms with van der Waals surface area (Å²) in [5, 5.41) is 3.01. The molecular weight excluding hydrogens is 390 g/mol. The second kappa shape index (κ2) is 9.26. The fourth-order valence-corrected chi connectivity index (χ4v) is 4.50. The van der Waals surface area contributed by atoms with E-state index in [2.05, 4.69) is 15.0 Å². The summed E-state index contributed by atoms with van der Waals surface area (Å²) in [6.07, 6.45) is 5.41. The number of benzene rings is 1. The molecule has 3 rings (SSSR count). The van der Waals surface area contributed by atoms with Crippen molar-refractivity contribution < 1.29 is 17.6 Å². The van der Waals surface area contributed by atoms with Gasteiger partial charge in [0.1, 0.15) is 17.6 Å². The molecule has 2 unspecified atom stereocenters. The summed E-state index contributed by atoms with van der Waals surface area (Å²) in [5.41, 5.74) is 0.507. The molecule has 0 spiro atoms. The first-order valence-electron chi connectivity index (χ1n) is 9.93. The summed E-state index contributed by atoms with van der Waals surface area (Å²) in [5.74, 6) is 0.924. The number of hydrogen-bond donors (Lipinski definition) is 2. The Bertz CT molecular complexity index is 968. The van der Waals surface area contributed by atoms with Crippen LogP contribution in [0.4, 0.5) is 0 Å². The molecule has 2 heterocycles. The van der Waals surface area contributed by atoms with Gasteiger partial charge in [-0.15, -0.1) is 0 Å². The topological polar surface area (TPSA) is 101 Å². The van der Waals surface area contributed by atoms with Crippen LogP contribution < -0.4 is 10.0 Å². The van der Waals surface area contributed by atoms with E-state index >= 15 is 0 Å². The number of rotatable bonds is 9. The van der Waals surface area contributed by atoms with Gasteiger partial charge in [0.15, 0.2) is 0 Å². The number of aliphatic imine (C=N–C) groups is 1. The highest BCUT2D eigenvalue weighted by Gasteiger charge is 2.31. The smallest absolute Gasteiger partial charge is 0.263 e. The Balaban J connectivity index is 1.72. The van der Waals surface area contributed by atoms with Crippen LogP contribution in [-0.2, 0) is 21.2 Å². The van der Waals surface area contributed by atoms with Crippen molar-refractivity contribution in [2.75, 3.05) is 0 Å². The van der Waals surface area contributed by atoms with Gasteiger partial charge in [-0.2, -0.15) is 0 Å². The number of sulfonamides is 1. The minimum atomic E-state index is -3.63. The van der Waals surface area contributed by atoms with Crippen LogP contribution in [0.25, 0.3) is 0 Å². The number of amides is 1. The molecule has 2 atom stereocenters. The normalized spacial score (nSPS) is 18.1. The van der Waals surface area contributed by atoms with Gasteiger partial charge in [-0.05, 0) is 44.0 Å². The largest absolute Gasteiger partial charge is 0.469 e. The van der Waals surface area contributed by atoms with Gasteiger partial charge in [-0.1, -0.05) is 31.9 Å². The van der Waals surface area contributed by atoms with E-state index in [0.717, 1.165) is 31.4 Å². The third-order valence-corrected chi connectivity index (χ3v) is 6.27. The lowest BCUT2D eigenvalue weighted by Crippen LogP contribution is -2.40. The zero-order valence-electron chi connectivity index (χ0n) is 16.7. The molecule has 156 valence electrons. The lowest BCUT2D eigenvalue weighted by atomic mass is 10.1. The van der Waals surface area contributed by atoms with Crippen molar-refractivity contribution in [3.63, 3.8) is 0 Å². The standard InChI is InChI=1S/C21H27N3O4S/c1-3-4-10-18(21(25)22-15(2)12-13-16-8-7-14-28-16)23-20-17-9-5-6-11-19(17)29(26,27)24-20/h5-9,11,14-15,18H,3-4,10,12-13H2,1-2H3,(H,22,25)(H,23,24). The molecule has 1 aliphatic heterocycles. The molecular formula is C21H27N3O4S. The lowest BCUT2D eigenvalue weighted by molar-refractivity contribution is -0.123. The number of nitrogens with one attached hydrogen (secondary N) is 2. The summed E-state index contributed by atoms with van der Waals surface area (Å²) in [7, 11) is -3.63. The van der Waals surface area contributed by atoms with Crippen LogP contribution >= 0.6 is 0 Å². The van der Waals surface area contributed by atoms with Crippen LogP contribution in [-0.4, -0.2) is 32.2 Å². The summed E-state index contributed by atoms with van der Waals surface area (Å²) in [4.78, 5) is 17.6. The van der Waals surface area contributed by atoms with Crippen LogP contribution in [0, 0.1) is 0 Å². The molecule has 0 saturated carbocycles. The average Bonchev–Trinajstić information content (AvgIpc) is 3.30. The van der Waals surface area contributed by atoms with Crippen LogP contribution in [0.15, 0.2) is 57.0 Å². The number of furan rings is 1. The van der Waals surface area contributed by atoms with Crippen molar-refractivity contribution in [3.05, 3.63) is 54.0 Å². The maximum Gasteiger partial charge on any atom is 0.263 e. The predicted molar refractivity (Wildman–Crippen MR) is 111 cm³/mol. The molecule has 1 aliphatic rings. The second-order valence-electron chi connectivity index (χ2n) is 7.27. The van der Waals surface area contributed by atoms with Gasteiger partial charge >= 0.3 is 0 Å². The molecule has 0 bridgehead atoms. The average molecular weight is 418 g/mol. The first kappa shape index (κ1) is 21.1. The molecule has 0 aliphatic carbocycles. The first-order valence-corrected chi connectivity index (χ1v) is 11.4. The van der Waals surface area contributed by atoms with Gasteiger partial charge in [0.05, 0.1) is 11.2 Å². The van der Waals surface area contributed by atoms with E-state index in [1.54, 1.807) is 24.5 Å². The van der Waals surface area contributed by atoms with E-state index < -0.39 is 16.1 Å². The van der Waals surface area contributed by atoms with Crippen molar-refractivity contribution in [1.29, 1.82) is 0 Å². The van der Waals surface area contributed by atoms with Crippen LogP contribution in [0.5, 0.6) is 0 Å². The third-order valence-electron chi connectivity index (χ3n) is 4.87. The maximum atomic E-state index is 12.9. The zero-order chi connectivity index (χ0) is 20.9. The van der Waals surface area contributed by atoms with Crippen molar-refractivity contribution in [3.8, 4) is 0 Å². The number of nitrogens with zero attached hydrogens (tertiary/aromatic N) is 1. The van der Waals surface area contributed by atoms with Gasteiger partial charge in [0.25, 0.3) is 10.0 Å². The quantitative estimate of drug-likeness (QED) is 0.655. The predicted octanol–water partition coefficient (Wildman–Crippen LogP) is 3.01. The molecule has 1 amide bonds. The van der Waals surface area contributed by atoms with Gasteiger partial charge < -0.3 is 9.73 Å². The summed E-state index contributed by atoms with van der Waals surface area (Å²) < 4.78 is 32.4. The van der Waals surface area contributed by atoms with Gasteiger partial charge in [0, 0.05) is 18.0 Å². The molecule has 7 nitrogen and oxygen atoms in total. The van der Waals surface area contributed by atoms with Crippen LogP contribution in [0.3, 0.4) is 0 Å². The van der Waals surface area contributed by atoms with E-state index in [-0.39, 0.29) is 22.7 Å². The number of unbranched alkanes of at least 4 members (excludes halogenated alkanes) is 1. The Morgan fingerprint density at radius 2 is 2.00 bits per heavy atom.